The van der Waals surface area contributed by atoms with E-state index in [1.165, 1.54) is 45.6 Å². The Kier molecular flexibility index (Phi) is 3.30. The van der Waals surface area contributed by atoms with Gasteiger partial charge in [0.25, 0.3) is 0 Å². The second-order valence-electron chi connectivity index (χ2n) is 8.28. The van der Waals surface area contributed by atoms with Crippen molar-refractivity contribution in [3.05, 3.63) is 0 Å². The monoisotopic (exact) mass is 293 g/mol. The van der Waals surface area contributed by atoms with E-state index >= 15 is 0 Å². The normalized spacial score (nSPS) is 48.8. The molecule has 5 fully saturated rings. The molecule has 0 aromatic carbocycles. The second-order valence-corrected chi connectivity index (χ2v) is 8.28. The lowest BCUT2D eigenvalue weighted by Crippen LogP contribution is -2.53. The molecule has 1 saturated heterocycles. The van der Waals surface area contributed by atoms with Gasteiger partial charge in [0, 0.05) is 19.5 Å². The number of nitrogens with zero attached hydrogens (tertiary/aromatic N) is 1. The predicted molar refractivity (Wildman–Crippen MR) is 78.6 cm³/mol. The molecule has 5 rings (SSSR count). The van der Waals surface area contributed by atoms with Gasteiger partial charge in [-0.05, 0) is 61.7 Å². The number of carbonyl (C=O) groups excluding carboxylic acids is 1. The average molecular weight is 293 g/mol. The zero-order chi connectivity index (χ0) is 14.6. The highest BCUT2D eigenvalue weighted by atomic mass is 16.5. The first-order valence-corrected chi connectivity index (χ1v) is 8.57. The highest BCUT2D eigenvalue weighted by Crippen LogP contribution is 2.60. The van der Waals surface area contributed by atoms with Crippen molar-refractivity contribution in [1.82, 2.24) is 4.90 Å². The van der Waals surface area contributed by atoms with Gasteiger partial charge < -0.3 is 9.84 Å². The van der Waals surface area contributed by atoms with Crippen LogP contribution >= 0.6 is 0 Å². The number of carbonyl (C=O) groups is 1. The topological polar surface area (TPSA) is 49.8 Å². The third kappa shape index (κ3) is 2.40. The predicted octanol–water partition coefficient (Wildman–Crippen LogP) is 1.81. The standard InChI is InChI=1S/C17H27NO3/c1-21-16(20)15-5-14(19)9-18(15)10-17-6-11-2-12(7-17)4-13(3-11)8-17/h11-15,19H,2-10H2,1H3. The van der Waals surface area contributed by atoms with Crippen LogP contribution in [0.3, 0.4) is 0 Å². The maximum Gasteiger partial charge on any atom is 0.323 e. The summed E-state index contributed by atoms with van der Waals surface area (Å²) >= 11 is 0. The molecule has 1 heterocycles. The summed E-state index contributed by atoms with van der Waals surface area (Å²) in [4.78, 5) is 14.2. The van der Waals surface area contributed by atoms with Crippen LogP contribution in [0.5, 0.6) is 0 Å². The fourth-order valence-electron chi connectivity index (χ4n) is 6.35. The van der Waals surface area contributed by atoms with Crippen LogP contribution in [0.4, 0.5) is 0 Å². The Hall–Kier alpha value is -0.610. The fourth-order valence-corrected chi connectivity index (χ4v) is 6.35. The van der Waals surface area contributed by atoms with Crippen molar-refractivity contribution < 1.29 is 14.6 Å². The van der Waals surface area contributed by atoms with Crippen LogP contribution in [0.15, 0.2) is 0 Å². The largest absolute Gasteiger partial charge is 0.468 e. The zero-order valence-corrected chi connectivity index (χ0v) is 13.0. The molecule has 4 aliphatic carbocycles. The Morgan fingerprint density at radius 1 is 1.14 bits per heavy atom. The Balaban J connectivity index is 1.51. The molecule has 1 N–H and O–H groups in total. The second kappa shape index (κ2) is 4.95. The Labute approximate surface area is 126 Å². The number of aliphatic hydroxyl groups is 1. The van der Waals surface area contributed by atoms with E-state index in [1.807, 2.05) is 0 Å². The van der Waals surface area contributed by atoms with Crippen LogP contribution in [0.2, 0.25) is 0 Å². The van der Waals surface area contributed by atoms with Crippen molar-refractivity contribution >= 4 is 5.97 Å². The van der Waals surface area contributed by atoms with Crippen LogP contribution in [0, 0.1) is 23.2 Å². The molecule has 1 aliphatic heterocycles. The quantitative estimate of drug-likeness (QED) is 0.806. The lowest BCUT2D eigenvalue weighted by Gasteiger charge is -2.58. The molecule has 5 aliphatic rings. The van der Waals surface area contributed by atoms with Gasteiger partial charge in [-0.15, -0.1) is 0 Å². The number of aliphatic hydroxyl groups excluding tert-OH is 1. The first-order valence-electron chi connectivity index (χ1n) is 8.57. The van der Waals surface area contributed by atoms with Gasteiger partial charge in [-0.25, -0.2) is 0 Å². The maximum absolute atomic E-state index is 12.0. The van der Waals surface area contributed by atoms with Crippen LogP contribution in [0.1, 0.15) is 44.9 Å². The molecular weight excluding hydrogens is 266 g/mol. The van der Waals surface area contributed by atoms with E-state index in [4.69, 9.17) is 4.74 Å². The van der Waals surface area contributed by atoms with Crippen molar-refractivity contribution in [3.8, 4) is 0 Å². The molecule has 0 spiro atoms. The molecule has 0 radical (unpaired) electrons. The number of likely N-dealkylation sites (tertiary alicyclic amines) is 1. The summed E-state index contributed by atoms with van der Waals surface area (Å²) in [5.74, 6) is 2.62. The molecule has 4 nitrogen and oxygen atoms in total. The molecule has 4 saturated carbocycles. The van der Waals surface area contributed by atoms with E-state index < -0.39 is 0 Å². The third-order valence-corrected chi connectivity index (χ3v) is 6.56. The van der Waals surface area contributed by atoms with Crippen molar-refractivity contribution in [1.29, 1.82) is 0 Å². The summed E-state index contributed by atoms with van der Waals surface area (Å²) in [7, 11) is 1.45. The van der Waals surface area contributed by atoms with Gasteiger partial charge in [0.2, 0.25) is 0 Å². The van der Waals surface area contributed by atoms with E-state index in [9.17, 15) is 9.90 Å². The summed E-state index contributed by atoms with van der Waals surface area (Å²) in [6, 6.07) is -0.224. The average Bonchev–Trinajstić information content (AvgIpc) is 2.76. The van der Waals surface area contributed by atoms with Gasteiger partial charge in [-0.1, -0.05) is 0 Å². The summed E-state index contributed by atoms with van der Waals surface area (Å²) < 4.78 is 4.94. The van der Waals surface area contributed by atoms with Crippen LogP contribution < -0.4 is 0 Å². The number of hydrogen-bond acceptors (Lipinski definition) is 4. The van der Waals surface area contributed by atoms with Crippen molar-refractivity contribution in [3.63, 3.8) is 0 Å². The van der Waals surface area contributed by atoms with Gasteiger partial charge in [-0.3, -0.25) is 9.69 Å². The molecule has 4 bridgehead atoms. The highest BCUT2D eigenvalue weighted by Gasteiger charge is 2.52. The van der Waals surface area contributed by atoms with Gasteiger partial charge >= 0.3 is 5.97 Å². The summed E-state index contributed by atoms with van der Waals surface area (Å²) in [6.45, 7) is 1.63. The minimum absolute atomic E-state index is 0.170. The Morgan fingerprint density at radius 3 is 2.24 bits per heavy atom. The van der Waals surface area contributed by atoms with Crippen LogP contribution in [-0.4, -0.2) is 48.3 Å². The van der Waals surface area contributed by atoms with Crippen molar-refractivity contribution in [2.45, 2.75) is 57.1 Å². The van der Waals surface area contributed by atoms with Gasteiger partial charge in [0.1, 0.15) is 6.04 Å². The summed E-state index contributed by atoms with van der Waals surface area (Å²) in [5, 5.41) is 9.98. The van der Waals surface area contributed by atoms with Gasteiger partial charge in [-0.2, -0.15) is 0 Å². The molecule has 2 atom stereocenters. The van der Waals surface area contributed by atoms with E-state index in [2.05, 4.69) is 4.90 Å². The molecule has 0 aromatic heterocycles. The number of esters is 1. The molecule has 21 heavy (non-hydrogen) atoms. The van der Waals surface area contributed by atoms with E-state index in [0.717, 1.165) is 24.3 Å². The molecule has 118 valence electrons. The highest BCUT2D eigenvalue weighted by molar-refractivity contribution is 5.76. The Bertz CT molecular complexity index is 400. The molecular formula is C17H27NO3. The van der Waals surface area contributed by atoms with Gasteiger partial charge in [0.05, 0.1) is 13.2 Å². The van der Waals surface area contributed by atoms with Crippen molar-refractivity contribution in [2.75, 3.05) is 20.2 Å². The molecule has 0 amide bonds. The lowest BCUT2D eigenvalue weighted by molar-refractivity contribution is -0.147. The minimum atomic E-state index is -0.372. The number of hydrogen-bond donors (Lipinski definition) is 1. The van der Waals surface area contributed by atoms with Crippen molar-refractivity contribution in [2.24, 2.45) is 23.2 Å². The lowest BCUT2D eigenvalue weighted by atomic mass is 9.49. The van der Waals surface area contributed by atoms with E-state index in [-0.39, 0.29) is 18.1 Å². The summed E-state index contributed by atoms with van der Waals surface area (Å²) in [6.07, 6.45) is 8.55. The van der Waals surface area contributed by atoms with E-state index in [1.54, 1.807) is 0 Å². The van der Waals surface area contributed by atoms with Gasteiger partial charge in [0.15, 0.2) is 0 Å². The van der Waals surface area contributed by atoms with E-state index in [0.29, 0.717) is 18.4 Å². The first kappa shape index (κ1) is 14.0. The number of rotatable bonds is 3. The Morgan fingerprint density at radius 2 is 1.71 bits per heavy atom. The first-order chi connectivity index (χ1) is 10.1. The molecule has 4 heteroatoms. The number of ether oxygens (including phenoxy) is 1. The number of methoxy groups -OCH3 is 1. The zero-order valence-electron chi connectivity index (χ0n) is 13.0. The van der Waals surface area contributed by atoms with Crippen LogP contribution in [-0.2, 0) is 9.53 Å². The molecule has 2 unspecified atom stereocenters. The minimum Gasteiger partial charge on any atom is -0.468 e. The SMILES string of the molecule is COC(=O)C1CC(O)CN1CC12CC3CC(CC(C3)C1)C2. The molecule has 0 aromatic rings. The summed E-state index contributed by atoms with van der Waals surface area (Å²) in [5.41, 5.74) is 0.422. The van der Waals surface area contributed by atoms with Crippen LogP contribution in [0.25, 0.3) is 0 Å². The maximum atomic E-state index is 12.0. The number of β-amino-alcohol motifs (C(OH)–C–C–N with tert-alkyl or cyclic N) is 1. The third-order valence-electron chi connectivity index (χ3n) is 6.56. The smallest absolute Gasteiger partial charge is 0.323 e. The fraction of sp³-hybridized carbons (Fsp3) is 0.941.